The standard InChI is InChI=1S/C29H24ClN3O4/c1-3-23-27(14-25-24-7-6-22(35-2)13-19(24)10-11-33(25)29(23)34)36-17-18-4-8-26(20(12-18)15-31)37-28-9-5-21(30)16-32-28/h4-9,12-14,16H,3,10-11,17H2,1-2H3. The van der Waals surface area contributed by atoms with Gasteiger partial charge in [-0.05, 0) is 60.4 Å². The fourth-order valence-corrected chi connectivity index (χ4v) is 4.60. The Balaban J connectivity index is 1.42. The van der Waals surface area contributed by atoms with Gasteiger partial charge in [-0.15, -0.1) is 0 Å². The molecule has 8 heteroatoms. The number of hydrogen-bond acceptors (Lipinski definition) is 6. The number of aryl methyl sites for hydroxylation is 1. The molecule has 0 fully saturated rings. The quantitative estimate of drug-likeness (QED) is 0.304. The number of methoxy groups -OCH3 is 1. The van der Waals surface area contributed by atoms with E-state index in [9.17, 15) is 10.1 Å². The first-order chi connectivity index (χ1) is 18.0. The fourth-order valence-electron chi connectivity index (χ4n) is 4.49. The van der Waals surface area contributed by atoms with E-state index in [1.165, 1.54) is 6.20 Å². The Hall–Kier alpha value is -4.28. The van der Waals surface area contributed by atoms with Crippen molar-refractivity contribution in [2.45, 2.75) is 32.9 Å². The molecule has 0 bridgehead atoms. The van der Waals surface area contributed by atoms with Crippen LogP contribution in [0.3, 0.4) is 0 Å². The first-order valence-electron chi connectivity index (χ1n) is 11.9. The zero-order chi connectivity index (χ0) is 25.9. The molecule has 0 saturated heterocycles. The first kappa shape index (κ1) is 24.4. The molecule has 0 radical (unpaired) electrons. The molecule has 0 aliphatic carbocycles. The third kappa shape index (κ3) is 4.89. The average molecular weight is 514 g/mol. The maximum absolute atomic E-state index is 13.3. The van der Waals surface area contributed by atoms with E-state index in [0.717, 1.165) is 34.6 Å². The summed E-state index contributed by atoms with van der Waals surface area (Å²) in [7, 11) is 1.65. The summed E-state index contributed by atoms with van der Waals surface area (Å²) < 4.78 is 19.1. The lowest BCUT2D eigenvalue weighted by atomic mass is 9.96. The van der Waals surface area contributed by atoms with E-state index in [0.29, 0.717) is 46.5 Å². The molecule has 0 unspecified atom stereocenters. The maximum atomic E-state index is 13.3. The Morgan fingerprint density at radius 1 is 1.11 bits per heavy atom. The SMILES string of the molecule is CCc1c(OCc2ccc(Oc3ccc(Cl)cn3)c(C#N)c2)cc2n(c1=O)CCc1cc(OC)ccc1-2. The van der Waals surface area contributed by atoms with E-state index in [-0.39, 0.29) is 12.2 Å². The summed E-state index contributed by atoms with van der Waals surface area (Å²) in [6, 6.07) is 18.6. The molecule has 0 amide bonds. The van der Waals surface area contributed by atoms with Crippen molar-refractivity contribution in [1.82, 2.24) is 9.55 Å². The summed E-state index contributed by atoms with van der Waals surface area (Å²) >= 11 is 5.88. The Bertz CT molecular complexity index is 1570. The number of pyridine rings is 2. The molecule has 1 aliphatic rings. The number of nitriles is 1. The van der Waals surface area contributed by atoms with Gasteiger partial charge in [0.05, 0.1) is 29.0 Å². The summed E-state index contributed by atoms with van der Waals surface area (Å²) in [5, 5.41) is 10.2. The number of ether oxygens (including phenoxy) is 3. The van der Waals surface area contributed by atoms with Crippen molar-refractivity contribution in [2.75, 3.05) is 7.11 Å². The van der Waals surface area contributed by atoms with Crippen LogP contribution in [0.25, 0.3) is 11.3 Å². The van der Waals surface area contributed by atoms with E-state index in [4.69, 9.17) is 25.8 Å². The van der Waals surface area contributed by atoms with Gasteiger partial charge in [-0.2, -0.15) is 5.26 Å². The minimum absolute atomic E-state index is 0.0339. The minimum atomic E-state index is -0.0339. The van der Waals surface area contributed by atoms with E-state index < -0.39 is 0 Å². The van der Waals surface area contributed by atoms with E-state index in [1.807, 2.05) is 41.8 Å². The maximum Gasteiger partial charge on any atom is 0.257 e. The van der Waals surface area contributed by atoms with Gasteiger partial charge in [-0.3, -0.25) is 4.79 Å². The number of nitrogens with zero attached hydrogens (tertiary/aromatic N) is 3. The largest absolute Gasteiger partial charge is 0.497 e. The molecule has 7 nitrogen and oxygen atoms in total. The van der Waals surface area contributed by atoms with Gasteiger partial charge in [-0.1, -0.05) is 24.6 Å². The Labute approximate surface area is 219 Å². The Morgan fingerprint density at radius 2 is 1.97 bits per heavy atom. The molecule has 0 atom stereocenters. The fraction of sp³-hybridized carbons (Fsp3) is 0.207. The van der Waals surface area contributed by atoms with Gasteiger partial charge < -0.3 is 18.8 Å². The van der Waals surface area contributed by atoms with Crippen LogP contribution in [0.15, 0.2) is 65.6 Å². The predicted octanol–water partition coefficient (Wildman–Crippen LogP) is 5.93. The lowest BCUT2D eigenvalue weighted by molar-refractivity contribution is 0.301. The number of rotatable bonds is 7. The molecule has 2 aromatic carbocycles. The van der Waals surface area contributed by atoms with Gasteiger partial charge in [0, 0.05) is 30.4 Å². The number of halogens is 1. The number of hydrogen-bond donors (Lipinski definition) is 0. The van der Waals surface area contributed by atoms with Crippen molar-refractivity contribution in [3.05, 3.63) is 98.4 Å². The molecule has 4 aromatic rings. The zero-order valence-corrected chi connectivity index (χ0v) is 21.2. The normalized spacial score (nSPS) is 11.7. The second kappa shape index (κ2) is 10.4. The van der Waals surface area contributed by atoms with Crippen molar-refractivity contribution < 1.29 is 14.2 Å². The number of fused-ring (bicyclic) bond motifs is 3. The van der Waals surface area contributed by atoms with Gasteiger partial charge >= 0.3 is 0 Å². The lowest BCUT2D eigenvalue weighted by Gasteiger charge is -2.24. The molecule has 0 saturated carbocycles. The van der Waals surface area contributed by atoms with Crippen LogP contribution < -0.4 is 19.8 Å². The highest BCUT2D eigenvalue weighted by molar-refractivity contribution is 6.30. The summed E-state index contributed by atoms with van der Waals surface area (Å²) in [5.41, 5.74) is 4.69. The Morgan fingerprint density at radius 3 is 2.70 bits per heavy atom. The second-order valence-electron chi connectivity index (χ2n) is 8.60. The molecule has 2 aromatic heterocycles. The van der Waals surface area contributed by atoms with E-state index in [1.54, 1.807) is 31.4 Å². The van der Waals surface area contributed by atoms with Crippen LogP contribution in [0, 0.1) is 11.3 Å². The first-order valence-corrected chi connectivity index (χ1v) is 12.3. The van der Waals surface area contributed by atoms with Gasteiger partial charge in [0.25, 0.3) is 5.56 Å². The predicted molar refractivity (Wildman–Crippen MR) is 141 cm³/mol. The van der Waals surface area contributed by atoms with E-state index in [2.05, 4.69) is 11.1 Å². The smallest absolute Gasteiger partial charge is 0.257 e. The minimum Gasteiger partial charge on any atom is -0.497 e. The average Bonchev–Trinajstić information content (AvgIpc) is 2.93. The molecular formula is C29H24ClN3O4. The van der Waals surface area contributed by atoms with Crippen LogP contribution in [-0.2, 0) is 26.0 Å². The lowest BCUT2D eigenvalue weighted by Crippen LogP contribution is -2.29. The number of aromatic nitrogens is 2. The topological polar surface area (TPSA) is 86.4 Å². The summed E-state index contributed by atoms with van der Waals surface area (Å²) in [6.07, 6.45) is 2.79. The molecule has 186 valence electrons. The van der Waals surface area contributed by atoms with Crippen LogP contribution in [0.4, 0.5) is 0 Å². The van der Waals surface area contributed by atoms with Crippen molar-refractivity contribution in [2.24, 2.45) is 0 Å². The molecule has 0 N–H and O–H groups in total. The molecular weight excluding hydrogens is 490 g/mol. The van der Waals surface area contributed by atoms with Crippen molar-refractivity contribution in [3.63, 3.8) is 0 Å². The highest BCUT2D eigenvalue weighted by Crippen LogP contribution is 2.34. The third-order valence-corrected chi connectivity index (χ3v) is 6.60. The van der Waals surface area contributed by atoms with Crippen molar-refractivity contribution >= 4 is 11.6 Å². The van der Waals surface area contributed by atoms with Crippen LogP contribution in [0.2, 0.25) is 5.02 Å². The van der Waals surface area contributed by atoms with E-state index >= 15 is 0 Å². The molecule has 0 spiro atoms. The molecule has 3 heterocycles. The van der Waals surface area contributed by atoms with Gasteiger partial charge in [0.15, 0.2) is 0 Å². The third-order valence-electron chi connectivity index (χ3n) is 6.38. The van der Waals surface area contributed by atoms with Crippen molar-refractivity contribution in [1.29, 1.82) is 5.26 Å². The van der Waals surface area contributed by atoms with Crippen LogP contribution in [-0.4, -0.2) is 16.7 Å². The summed E-state index contributed by atoms with van der Waals surface area (Å²) in [5.74, 6) is 2.06. The van der Waals surface area contributed by atoms with Crippen LogP contribution in [0.5, 0.6) is 23.1 Å². The van der Waals surface area contributed by atoms with Crippen LogP contribution in [0.1, 0.15) is 29.2 Å². The number of benzene rings is 2. The van der Waals surface area contributed by atoms with Crippen LogP contribution >= 0.6 is 11.6 Å². The highest BCUT2D eigenvalue weighted by Gasteiger charge is 2.22. The van der Waals surface area contributed by atoms with Crippen molar-refractivity contribution in [3.8, 4) is 40.5 Å². The Kier molecular flexibility index (Phi) is 6.85. The molecule has 1 aliphatic heterocycles. The summed E-state index contributed by atoms with van der Waals surface area (Å²) in [6.45, 7) is 2.75. The monoisotopic (exact) mass is 513 g/mol. The molecule has 37 heavy (non-hydrogen) atoms. The highest BCUT2D eigenvalue weighted by atomic mass is 35.5. The van der Waals surface area contributed by atoms with Gasteiger partial charge in [-0.25, -0.2) is 4.98 Å². The second-order valence-corrected chi connectivity index (χ2v) is 9.04. The van der Waals surface area contributed by atoms with Gasteiger partial charge in [0.1, 0.15) is 29.9 Å². The van der Waals surface area contributed by atoms with Gasteiger partial charge in [0.2, 0.25) is 5.88 Å². The zero-order valence-electron chi connectivity index (χ0n) is 20.5. The summed E-state index contributed by atoms with van der Waals surface area (Å²) in [4.78, 5) is 17.4. The molecule has 5 rings (SSSR count).